The molecule has 108 valence electrons. The molecule has 0 saturated carbocycles. The van der Waals surface area contributed by atoms with E-state index in [1.165, 1.54) is 0 Å². The fourth-order valence-corrected chi connectivity index (χ4v) is 2.79. The molecular weight excluding hydrogens is 262 g/mol. The SMILES string of the molecule is CC(c1cccc(S(=O)(=O)NCCO)c1)C(C)(C)C. The third kappa shape index (κ3) is 4.30. The second-order valence-corrected chi connectivity index (χ2v) is 7.55. The quantitative estimate of drug-likeness (QED) is 0.870. The summed E-state index contributed by atoms with van der Waals surface area (Å²) in [6, 6.07) is 6.97. The van der Waals surface area contributed by atoms with Crippen molar-refractivity contribution in [1.82, 2.24) is 4.72 Å². The molecule has 0 aromatic heterocycles. The summed E-state index contributed by atoms with van der Waals surface area (Å²) in [5, 5.41) is 8.70. The van der Waals surface area contributed by atoms with Crippen LogP contribution in [0, 0.1) is 5.41 Å². The normalized spacial score (nSPS) is 14.4. The van der Waals surface area contributed by atoms with Crippen LogP contribution in [0.4, 0.5) is 0 Å². The highest BCUT2D eigenvalue weighted by Gasteiger charge is 2.23. The number of aliphatic hydroxyl groups is 1. The van der Waals surface area contributed by atoms with Crippen molar-refractivity contribution < 1.29 is 13.5 Å². The predicted octanol–water partition coefficient (Wildman–Crippen LogP) is 2.11. The molecule has 0 radical (unpaired) electrons. The van der Waals surface area contributed by atoms with Gasteiger partial charge in [0.2, 0.25) is 10.0 Å². The van der Waals surface area contributed by atoms with E-state index in [9.17, 15) is 8.42 Å². The van der Waals surface area contributed by atoms with Crippen LogP contribution in [-0.4, -0.2) is 26.7 Å². The molecule has 1 aromatic carbocycles. The maximum absolute atomic E-state index is 12.0. The van der Waals surface area contributed by atoms with Crippen LogP contribution in [0.25, 0.3) is 0 Å². The minimum absolute atomic E-state index is 0.0292. The maximum atomic E-state index is 12.0. The summed E-state index contributed by atoms with van der Waals surface area (Å²) < 4.78 is 26.3. The third-order valence-electron chi connectivity index (χ3n) is 3.37. The van der Waals surface area contributed by atoms with Gasteiger partial charge in [0.05, 0.1) is 11.5 Å². The molecule has 0 heterocycles. The molecule has 0 bridgehead atoms. The van der Waals surface area contributed by atoms with E-state index >= 15 is 0 Å². The van der Waals surface area contributed by atoms with Crippen molar-refractivity contribution in [3.05, 3.63) is 29.8 Å². The molecule has 4 nitrogen and oxygen atoms in total. The van der Waals surface area contributed by atoms with Gasteiger partial charge in [-0.2, -0.15) is 0 Å². The number of benzene rings is 1. The summed E-state index contributed by atoms with van der Waals surface area (Å²) in [5.74, 6) is 0.250. The fraction of sp³-hybridized carbons (Fsp3) is 0.571. The van der Waals surface area contributed by atoms with E-state index in [-0.39, 0.29) is 29.4 Å². The summed E-state index contributed by atoms with van der Waals surface area (Å²) in [7, 11) is -3.53. The van der Waals surface area contributed by atoms with Gasteiger partial charge in [0.25, 0.3) is 0 Å². The van der Waals surface area contributed by atoms with Crippen molar-refractivity contribution in [2.24, 2.45) is 5.41 Å². The summed E-state index contributed by atoms with van der Waals surface area (Å²) in [6.45, 7) is 8.29. The number of aliphatic hydroxyl groups excluding tert-OH is 1. The monoisotopic (exact) mass is 285 g/mol. The van der Waals surface area contributed by atoms with Gasteiger partial charge in [-0.15, -0.1) is 0 Å². The Balaban J connectivity index is 3.07. The number of hydrogen-bond donors (Lipinski definition) is 2. The lowest BCUT2D eigenvalue weighted by molar-refractivity contribution is 0.301. The first-order valence-corrected chi connectivity index (χ1v) is 7.87. The van der Waals surface area contributed by atoms with Crippen LogP contribution in [0.5, 0.6) is 0 Å². The Morgan fingerprint density at radius 3 is 2.47 bits per heavy atom. The van der Waals surface area contributed by atoms with Crippen LogP contribution < -0.4 is 4.72 Å². The largest absolute Gasteiger partial charge is 0.395 e. The molecule has 0 aliphatic rings. The molecule has 0 saturated heterocycles. The molecule has 0 fully saturated rings. The van der Waals surface area contributed by atoms with Crippen molar-refractivity contribution in [3.63, 3.8) is 0 Å². The molecule has 0 aliphatic carbocycles. The number of rotatable bonds is 5. The van der Waals surface area contributed by atoms with Crippen LogP contribution in [0.15, 0.2) is 29.2 Å². The summed E-state index contributed by atoms with van der Waals surface area (Å²) in [5.41, 5.74) is 1.07. The van der Waals surface area contributed by atoms with E-state index in [1.807, 2.05) is 6.07 Å². The Labute approximate surface area is 115 Å². The average Bonchev–Trinajstić information content (AvgIpc) is 2.34. The van der Waals surface area contributed by atoms with Gasteiger partial charge >= 0.3 is 0 Å². The smallest absolute Gasteiger partial charge is 0.240 e. The predicted molar refractivity (Wildman–Crippen MR) is 76.6 cm³/mol. The number of sulfonamides is 1. The molecule has 5 heteroatoms. The molecule has 19 heavy (non-hydrogen) atoms. The van der Waals surface area contributed by atoms with E-state index in [2.05, 4.69) is 32.4 Å². The molecule has 2 N–H and O–H groups in total. The Morgan fingerprint density at radius 2 is 1.95 bits per heavy atom. The molecule has 1 rings (SSSR count). The molecule has 0 spiro atoms. The van der Waals surface area contributed by atoms with Crippen molar-refractivity contribution >= 4 is 10.0 Å². The second-order valence-electron chi connectivity index (χ2n) is 5.78. The van der Waals surface area contributed by atoms with E-state index in [0.29, 0.717) is 0 Å². The highest BCUT2D eigenvalue weighted by atomic mass is 32.2. The van der Waals surface area contributed by atoms with Gasteiger partial charge in [0, 0.05) is 6.54 Å². The van der Waals surface area contributed by atoms with E-state index in [1.54, 1.807) is 18.2 Å². The minimum atomic E-state index is -3.53. The molecule has 0 amide bonds. The molecule has 1 unspecified atom stereocenters. The molecule has 1 aromatic rings. The Hall–Kier alpha value is -0.910. The highest BCUT2D eigenvalue weighted by molar-refractivity contribution is 7.89. The Kier molecular flexibility index (Phi) is 5.12. The minimum Gasteiger partial charge on any atom is -0.395 e. The first-order valence-electron chi connectivity index (χ1n) is 6.39. The maximum Gasteiger partial charge on any atom is 0.240 e. The zero-order valence-corrected chi connectivity index (χ0v) is 12.8. The Morgan fingerprint density at radius 1 is 1.32 bits per heavy atom. The average molecular weight is 285 g/mol. The van der Waals surface area contributed by atoms with Crippen LogP contribution in [0.1, 0.15) is 39.2 Å². The zero-order chi connectivity index (χ0) is 14.7. The van der Waals surface area contributed by atoms with Gasteiger partial charge in [-0.3, -0.25) is 0 Å². The van der Waals surface area contributed by atoms with Gasteiger partial charge < -0.3 is 5.11 Å². The van der Waals surface area contributed by atoms with Gasteiger partial charge in [-0.1, -0.05) is 39.8 Å². The lowest BCUT2D eigenvalue weighted by atomic mass is 9.78. The van der Waals surface area contributed by atoms with Crippen molar-refractivity contribution in [1.29, 1.82) is 0 Å². The highest BCUT2D eigenvalue weighted by Crippen LogP contribution is 2.34. The lowest BCUT2D eigenvalue weighted by Crippen LogP contribution is -2.27. The van der Waals surface area contributed by atoms with Gasteiger partial charge in [-0.25, -0.2) is 13.1 Å². The summed E-state index contributed by atoms with van der Waals surface area (Å²) in [4.78, 5) is 0.245. The van der Waals surface area contributed by atoms with E-state index in [0.717, 1.165) is 5.56 Å². The number of nitrogens with one attached hydrogen (secondary N) is 1. The summed E-state index contributed by atoms with van der Waals surface area (Å²) >= 11 is 0. The van der Waals surface area contributed by atoms with Crippen molar-refractivity contribution in [2.45, 2.75) is 38.5 Å². The zero-order valence-electron chi connectivity index (χ0n) is 12.0. The first-order chi connectivity index (χ1) is 8.68. The standard InChI is InChI=1S/C14H23NO3S/c1-11(14(2,3)4)12-6-5-7-13(10-12)19(17,18)15-8-9-16/h5-7,10-11,15-16H,8-9H2,1-4H3. The molecule has 0 aliphatic heterocycles. The summed E-state index contributed by atoms with van der Waals surface area (Å²) in [6.07, 6.45) is 0. The van der Waals surface area contributed by atoms with Crippen LogP contribution in [0.2, 0.25) is 0 Å². The van der Waals surface area contributed by atoms with Gasteiger partial charge in [0.15, 0.2) is 0 Å². The van der Waals surface area contributed by atoms with Crippen molar-refractivity contribution in [2.75, 3.05) is 13.2 Å². The second kappa shape index (κ2) is 6.03. The van der Waals surface area contributed by atoms with Crippen LogP contribution >= 0.6 is 0 Å². The van der Waals surface area contributed by atoms with Crippen LogP contribution in [-0.2, 0) is 10.0 Å². The molecule has 1 atom stereocenters. The van der Waals surface area contributed by atoms with E-state index in [4.69, 9.17) is 5.11 Å². The first kappa shape index (κ1) is 16.1. The van der Waals surface area contributed by atoms with E-state index < -0.39 is 10.0 Å². The van der Waals surface area contributed by atoms with Gasteiger partial charge in [0.1, 0.15) is 0 Å². The molecular formula is C14H23NO3S. The van der Waals surface area contributed by atoms with Crippen LogP contribution in [0.3, 0.4) is 0 Å². The fourth-order valence-electron chi connectivity index (χ4n) is 1.71. The van der Waals surface area contributed by atoms with Crippen molar-refractivity contribution in [3.8, 4) is 0 Å². The third-order valence-corrected chi connectivity index (χ3v) is 4.83. The Bertz CT molecular complexity index is 518. The lowest BCUT2D eigenvalue weighted by Gasteiger charge is -2.27. The van der Waals surface area contributed by atoms with Gasteiger partial charge in [-0.05, 0) is 29.0 Å². The topological polar surface area (TPSA) is 66.4 Å². The number of hydrogen-bond acceptors (Lipinski definition) is 3.